The van der Waals surface area contributed by atoms with E-state index in [9.17, 15) is 9.59 Å². The molecule has 1 aliphatic heterocycles. The number of nitrogens with zero attached hydrogens (tertiary/aromatic N) is 4. The molecular weight excluding hydrogens is 490 g/mol. The van der Waals surface area contributed by atoms with Gasteiger partial charge in [-0.1, -0.05) is 41.9 Å². The number of benzene rings is 2. The lowest BCUT2D eigenvalue weighted by Gasteiger charge is -2.24. The first-order valence-electron chi connectivity index (χ1n) is 12.1. The van der Waals surface area contributed by atoms with Crippen molar-refractivity contribution in [2.45, 2.75) is 45.8 Å². The van der Waals surface area contributed by atoms with Crippen molar-refractivity contribution in [3.05, 3.63) is 87.6 Å². The van der Waals surface area contributed by atoms with Crippen LogP contribution in [-0.4, -0.2) is 32.8 Å². The third kappa shape index (κ3) is 4.76. The van der Waals surface area contributed by atoms with Crippen molar-refractivity contribution < 1.29 is 9.53 Å². The second-order valence-electron chi connectivity index (χ2n) is 10.0. The van der Waals surface area contributed by atoms with Gasteiger partial charge in [0.1, 0.15) is 23.6 Å². The Morgan fingerprint density at radius 2 is 1.86 bits per heavy atom. The van der Waals surface area contributed by atoms with Gasteiger partial charge in [0.2, 0.25) is 0 Å². The van der Waals surface area contributed by atoms with E-state index in [1.807, 2.05) is 76.2 Å². The number of aromatic nitrogens is 3. The zero-order chi connectivity index (χ0) is 26.3. The van der Waals surface area contributed by atoms with Crippen LogP contribution in [0.2, 0.25) is 5.02 Å². The predicted octanol–water partition coefficient (Wildman–Crippen LogP) is 5.90. The molecule has 1 atom stereocenters. The quantitative estimate of drug-likeness (QED) is 0.362. The number of fused-ring (bicyclic) bond motifs is 2. The van der Waals surface area contributed by atoms with Gasteiger partial charge in [-0.3, -0.25) is 14.3 Å². The summed E-state index contributed by atoms with van der Waals surface area (Å²) in [5.41, 5.74) is 1.52. The van der Waals surface area contributed by atoms with Crippen LogP contribution >= 0.6 is 11.6 Å². The standard InChI is InChI=1S/C28H28ClN5O3/c1-17(32-24-20-13-14-33(25(20)31-16-30-24)27(36)37-28(2,3)4)22-15-18-9-8-12-21(29)23(18)26(35)34(22)19-10-6-5-7-11-19/h5-12,15-17H,13-14H2,1-4H3,(H,30,31,32)/t17-/m0/s1. The van der Waals surface area contributed by atoms with Crippen molar-refractivity contribution in [2.24, 2.45) is 0 Å². The Kier molecular flexibility index (Phi) is 6.37. The molecule has 3 heterocycles. The summed E-state index contributed by atoms with van der Waals surface area (Å²) in [4.78, 5) is 36.8. The summed E-state index contributed by atoms with van der Waals surface area (Å²) >= 11 is 6.44. The number of ether oxygens (including phenoxy) is 1. The third-order valence-electron chi connectivity index (χ3n) is 6.21. The molecule has 0 fully saturated rings. The maximum absolute atomic E-state index is 13.7. The summed E-state index contributed by atoms with van der Waals surface area (Å²) in [6.07, 6.45) is 1.58. The minimum atomic E-state index is -0.609. The Morgan fingerprint density at radius 3 is 2.59 bits per heavy atom. The van der Waals surface area contributed by atoms with Crippen LogP contribution in [0.4, 0.5) is 16.4 Å². The first kappa shape index (κ1) is 24.8. The van der Waals surface area contributed by atoms with E-state index in [1.165, 1.54) is 11.2 Å². The Labute approximate surface area is 219 Å². The Hall–Kier alpha value is -3.91. The maximum Gasteiger partial charge on any atom is 0.416 e. The average molecular weight is 518 g/mol. The SMILES string of the molecule is C[C@H](Nc1ncnc2c1CCN2C(=O)OC(C)(C)C)c1cc2cccc(Cl)c2c(=O)n1-c1ccccc1. The Morgan fingerprint density at radius 1 is 1.11 bits per heavy atom. The Balaban J connectivity index is 1.55. The highest BCUT2D eigenvalue weighted by Gasteiger charge is 2.32. The van der Waals surface area contributed by atoms with Crippen LogP contribution in [0, 0.1) is 0 Å². The van der Waals surface area contributed by atoms with Gasteiger partial charge in [-0.2, -0.15) is 0 Å². The van der Waals surface area contributed by atoms with Gasteiger partial charge >= 0.3 is 6.09 Å². The van der Waals surface area contributed by atoms with Gasteiger partial charge in [-0.15, -0.1) is 0 Å². The second kappa shape index (κ2) is 9.52. The summed E-state index contributed by atoms with van der Waals surface area (Å²) in [5, 5.41) is 5.11. The van der Waals surface area contributed by atoms with E-state index in [-0.39, 0.29) is 11.6 Å². The van der Waals surface area contributed by atoms with E-state index < -0.39 is 11.7 Å². The van der Waals surface area contributed by atoms with Gasteiger partial charge in [-0.25, -0.2) is 14.8 Å². The van der Waals surface area contributed by atoms with Crippen molar-refractivity contribution in [3.63, 3.8) is 0 Å². The molecule has 2 aromatic carbocycles. The number of nitrogens with one attached hydrogen (secondary N) is 1. The number of carbonyl (C=O) groups is 1. The molecule has 1 aliphatic rings. The van der Waals surface area contributed by atoms with Gasteiger partial charge in [0.05, 0.1) is 16.5 Å². The van der Waals surface area contributed by atoms with E-state index in [0.29, 0.717) is 35.0 Å². The van der Waals surface area contributed by atoms with Gasteiger partial charge in [0, 0.05) is 23.5 Å². The molecule has 0 saturated heterocycles. The molecule has 190 valence electrons. The summed E-state index contributed by atoms with van der Waals surface area (Å²) in [7, 11) is 0. The minimum absolute atomic E-state index is 0.193. The molecule has 0 radical (unpaired) electrons. The van der Waals surface area contributed by atoms with Crippen molar-refractivity contribution in [1.29, 1.82) is 0 Å². The number of para-hydroxylation sites is 1. The third-order valence-corrected chi connectivity index (χ3v) is 6.53. The number of amides is 1. The lowest BCUT2D eigenvalue weighted by molar-refractivity contribution is 0.0583. The van der Waals surface area contributed by atoms with E-state index in [1.54, 1.807) is 10.6 Å². The molecule has 9 heteroatoms. The van der Waals surface area contributed by atoms with Crippen LogP contribution in [0.1, 0.15) is 45.0 Å². The van der Waals surface area contributed by atoms with Crippen LogP contribution in [0.15, 0.2) is 65.7 Å². The van der Waals surface area contributed by atoms with E-state index in [0.717, 1.165) is 22.3 Å². The summed E-state index contributed by atoms with van der Waals surface area (Å²) in [6, 6.07) is 16.6. The topological polar surface area (TPSA) is 89.4 Å². The van der Waals surface area contributed by atoms with Crippen molar-refractivity contribution in [2.75, 3.05) is 16.8 Å². The minimum Gasteiger partial charge on any atom is -0.443 e. The van der Waals surface area contributed by atoms with E-state index in [4.69, 9.17) is 16.3 Å². The molecule has 37 heavy (non-hydrogen) atoms. The molecule has 2 aromatic heterocycles. The smallest absolute Gasteiger partial charge is 0.416 e. The Bertz CT molecular complexity index is 1550. The number of hydrogen-bond donors (Lipinski definition) is 1. The highest BCUT2D eigenvalue weighted by Crippen LogP contribution is 2.33. The average Bonchev–Trinajstić information content (AvgIpc) is 3.29. The van der Waals surface area contributed by atoms with Crippen molar-refractivity contribution in [1.82, 2.24) is 14.5 Å². The normalized spacial score (nSPS) is 13.9. The van der Waals surface area contributed by atoms with Gasteiger partial charge in [-0.05, 0) is 63.8 Å². The van der Waals surface area contributed by atoms with E-state index >= 15 is 0 Å². The number of hydrogen-bond acceptors (Lipinski definition) is 6. The highest BCUT2D eigenvalue weighted by molar-refractivity contribution is 6.35. The number of rotatable bonds is 4. The highest BCUT2D eigenvalue weighted by atomic mass is 35.5. The molecule has 1 N–H and O–H groups in total. The predicted molar refractivity (Wildman–Crippen MR) is 146 cm³/mol. The fourth-order valence-electron chi connectivity index (χ4n) is 4.60. The molecule has 0 spiro atoms. The number of halogens is 1. The zero-order valence-corrected chi connectivity index (χ0v) is 21.9. The summed E-state index contributed by atoms with van der Waals surface area (Å²) in [5.74, 6) is 1.14. The van der Waals surface area contributed by atoms with Gasteiger partial charge in [0.15, 0.2) is 0 Å². The van der Waals surface area contributed by atoms with Crippen LogP contribution < -0.4 is 15.8 Å². The molecule has 1 amide bonds. The summed E-state index contributed by atoms with van der Waals surface area (Å²) in [6.45, 7) is 7.92. The molecular formula is C28H28ClN5O3. The fourth-order valence-corrected chi connectivity index (χ4v) is 4.86. The molecule has 4 aromatic rings. The monoisotopic (exact) mass is 517 g/mol. The van der Waals surface area contributed by atoms with Gasteiger partial charge < -0.3 is 10.1 Å². The number of anilines is 2. The van der Waals surface area contributed by atoms with Crippen molar-refractivity contribution in [3.8, 4) is 5.69 Å². The lowest BCUT2D eigenvalue weighted by atomic mass is 10.1. The molecule has 0 bridgehead atoms. The summed E-state index contributed by atoms with van der Waals surface area (Å²) < 4.78 is 7.24. The lowest BCUT2D eigenvalue weighted by Crippen LogP contribution is -2.36. The zero-order valence-electron chi connectivity index (χ0n) is 21.2. The van der Waals surface area contributed by atoms with Crippen LogP contribution in [0.25, 0.3) is 16.5 Å². The molecule has 5 rings (SSSR count). The second-order valence-corrected chi connectivity index (χ2v) is 10.4. The fraction of sp³-hybridized carbons (Fsp3) is 0.286. The maximum atomic E-state index is 13.7. The first-order chi connectivity index (χ1) is 17.6. The molecule has 0 aliphatic carbocycles. The van der Waals surface area contributed by atoms with Gasteiger partial charge in [0.25, 0.3) is 5.56 Å². The van der Waals surface area contributed by atoms with Crippen LogP contribution in [0.3, 0.4) is 0 Å². The largest absolute Gasteiger partial charge is 0.443 e. The molecule has 0 saturated carbocycles. The van der Waals surface area contributed by atoms with Crippen LogP contribution in [-0.2, 0) is 11.2 Å². The number of pyridine rings is 1. The first-order valence-corrected chi connectivity index (χ1v) is 12.5. The van der Waals surface area contributed by atoms with Crippen molar-refractivity contribution >= 4 is 40.1 Å². The number of carbonyl (C=O) groups excluding carboxylic acids is 1. The van der Waals surface area contributed by atoms with E-state index in [2.05, 4.69) is 15.3 Å². The molecule has 8 nitrogen and oxygen atoms in total. The molecule has 0 unspecified atom stereocenters. The van der Waals surface area contributed by atoms with Crippen LogP contribution in [0.5, 0.6) is 0 Å².